The molecule has 1 aromatic carbocycles. The Balaban J connectivity index is 1.70. The van der Waals surface area contributed by atoms with Gasteiger partial charge < -0.3 is 14.7 Å². The Kier molecular flexibility index (Phi) is 5.01. The molecule has 20 heavy (non-hydrogen) atoms. The van der Waals surface area contributed by atoms with Gasteiger partial charge in [0.05, 0.1) is 12.0 Å². The number of nitrogens with zero attached hydrogens (tertiary/aromatic N) is 1. The highest BCUT2D eigenvalue weighted by Gasteiger charge is 2.37. The number of carboxylic acids is 1. The fourth-order valence-electron chi connectivity index (χ4n) is 2.70. The number of aliphatic carboxylic acids is 1. The number of carboxylic acid groups (broad SMARTS) is 1. The second-order valence-electron chi connectivity index (χ2n) is 5.76. The molecule has 0 amide bonds. The van der Waals surface area contributed by atoms with Crippen molar-refractivity contribution in [1.82, 2.24) is 4.90 Å². The van der Waals surface area contributed by atoms with E-state index in [-0.39, 0.29) is 0 Å². The lowest BCUT2D eigenvalue weighted by atomic mass is 9.82. The molecule has 0 spiro atoms. The molecule has 0 radical (unpaired) electrons. The molecule has 1 fully saturated rings. The first-order valence-corrected chi connectivity index (χ1v) is 7.24. The molecule has 1 atom stereocenters. The van der Waals surface area contributed by atoms with Crippen LogP contribution in [0.2, 0.25) is 0 Å². The number of carbonyl (C=O) groups is 1. The first-order chi connectivity index (χ1) is 9.60. The number of ether oxygens (including phenoxy) is 1. The summed E-state index contributed by atoms with van der Waals surface area (Å²) in [5.74, 6) is 0.212. The van der Waals surface area contributed by atoms with E-state index < -0.39 is 11.4 Å². The molecule has 2 rings (SSSR count). The molecule has 4 heteroatoms. The van der Waals surface area contributed by atoms with Crippen LogP contribution < -0.4 is 4.74 Å². The molecular formula is C16H23NO3. The molecule has 0 saturated carbocycles. The highest BCUT2D eigenvalue weighted by atomic mass is 16.5. The van der Waals surface area contributed by atoms with Crippen molar-refractivity contribution in [2.75, 3.05) is 26.2 Å². The van der Waals surface area contributed by atoms with Crippen LogP contribution in [0.15, 0.2) is 30.3 Å². The van der Waals surface area contributed by atoms with Crippen molar-refractivity contribution in [3.8, 4) is 5.75 Å². The lowest BCUT2D eigenvalue weighted by Gasteiger charge is -2.37. The van der Waals surface area contributed by atoms with Crippen LogP contribution in [0.3, 0.4) is 0 Å². The summed E-state index contributed by atoms with van der Waals surface area (Å²) in [5.41, 5.74) is -0.585. The van der Waals surface area contributed by atoms with Crippen molar-refractivity contribution in [1.29, 1.82) is 0 Å². The molecule has 0 bridgehead atoms. The van der Waals surface area contributed by atoms with E-state index in [1.165, 1.54) is 0 Å². The van der Waals surface area contributed by atoms with E-state index in [4.69, 9.17) is 4.74 Å². The fraction of sp³-hybridized carbons (Fsp3) is 0.562. The minimum absolute atomic E-state index is 0.585. The number of hydrogen-bond donors (Lipinski definition) is 1. The SMILES string of the molecule is CC1(C(=O)O)CCCN(CCCOc2ccccc2)C1. The topological polar surface area (TPSA) is 49.8 Å². The zero-order chi connectivity index (χ0) is 14.4. The van der Waals surface area contributed by atoms with Crippen LogP contribution in [-0.4, -0.2) is 42.2 Å². The van der Waals surface area contributed by atoms with Crippen molar-refractivity contribution < 1.29 is 14.6 Å². The number of hydrogen-bond acceptors (Lipinski definition) is 3. The van der Waals surface area contributed by atoms with Gasteiger partial charge in [-0.25, -0.2) is 0 Å². The molecule has 4 nitrogen and oxygen atoms in total. The maximum atomic E-state index is 11.3. The quantitative estimate of drug-likeness (QED) is 0.812. The summed E-state index contributed by atoms with van der Waals surface area (Å²) < 4.78 is 5.65. The fourth-order valence-corrected chi connectivity index (χ4v) is 2.70. The largest absolute Gasteiger partial charge is 0.494 e. The molecule has 1 aliphatic heterocycles. The minimum Gasteiger partial charge on any atom is -0.494 e. The van der Waals surface area contributed by atoms with Crippen molar-refractivity contribution in [3.05, 3.63) is 30.3 Å². The highest BCUT2D eigenvalue weighted by molar-refractivity contribution is 5.74. The Bertz CT molecular complexity index is 435. The second-order valence-corrected chi connectivity index (χ2v) is 5.76. The normalized spacial score (nSPS) is 23.4. The Labute approximate surface area is 120 Å². The summed E-state index contributed by atoms with van der Waals surface area (Å²) >= 11 is 0. The van der Waals surface area contributed by atoms with E-state index >= 15 is 0 Å². The molecule has 1 aliphatic rings. The molecule has 1 heterocycles. The van der Waals surface area contributed by atoms with Crippen molar-refractivity contribution >= 4 is 5.97 Å². The van der Waals surface area contributed by atoms with E-state index in [0.29, 0.717) is 13.2 Å². The predicted molar refractivity (Wildman–Crippen MR) is 78.0 cm³/mol. The summed E-state index contributed by atoms with van der Waals surface area (Å²) in [6.07, 6.45) is 2.66. The van der Waals surface area contributed by atoms with Gasteiger partial charge in [-0.05, 0) is 44.9 Å². The van der Waals surface area contributed by atoms with Gasteiger partial charge >= 0.3 is 5.97 Å². The van der Waals surface area contributed by atoms with Crippen molar-refractivity contribution in [2.24, 2.45) is 5.41 Å². The van der Waals surface area contributed by atoms with Gasteiger partial charge in [0.1, 0.15) is 5.75 Å². The van der Waals surface area contributed by atoms with Crippen LogP contribution in [-0.2, 0) is 4.79 Å². The van der Waals surface area contributed by atoms with Gasteiger partial charge in [0, 0.05) is 13.1 Å². The third kappa shape index (κ3) is 3.97. The van der Waals surface area contributed by atoms with E-state index in [9.17, 15) is 9.90 Å². The van der Waals surface area contributed by atoms with Crippen LogP contribution in [0.5, 0.6) is 5.75 Å². The maximum Gasteiger partial charge on any atom is 0.310 e. The number of piperidine rings is 1. The molecule has 0 aliphatic carbocycles. The van der Waals surface area contributed by atoms with Gasteiger partial charge in [-0.2, -0.15) is 0 Å². The van der Waals surface area contributed by atoms with Crippen LogP contribution in [0, 0.1) is 5.41 Å². The summed E-state index contributed by atoms with van der Waals surface area (Å²) in [6, 6.07) is 9.77. The zero-order valence-corrected chi connectivity index (χ0v) is 12.0. The lowest BCUT2D eigenvalue weighted by molar-refractivity contribution is -0.151. The van der Waals surface area contributed by atoms with E-state index in [1.54, 1.807) is 0 Å². The van der Waals surface area contributed by atoms with Crippen LogP contribution in [0.4, 0.5) is 0 Å². The summed E-state index contributed by atoms with van der Waals surface area (Å²) in [6.45, 7) is 5.06. The number of para-hydroxylation sites is 1. The van der Waals surface area contributed by atoms with E-state index in [1.807, 2.05) is 37.3 Å². The Morgan fingerprint density at radius 2 is 2.15 bits per heavy atom. The van der Waals surface area contributed by atoms with Crippen LogP contribution in [0.25, 0.3) is 0 Å². The van der Waals surface area contributed by atoms with E-state index in [2.05, 4.69) is 4.90 Å². The average Bonchev–Trinajstić information content (AvgIpc) is 2.45. The average molecular weight is 277 g/mol. The van der Waals surface area contributed by atoms with Gasteiger partial charge in [0.25, 0.3) is 0 Å². The number of rotatable bonds is 6. The third-order valence-corrected chi connectivity index (χ3v) is 3.92. The first-order valence-electron chi connectivity index (χ1n) is 7.24. The Morgan fingerprint density at radius 3 is 2.85 bits per heavy atom. The van der Waals surface area contributed by atoms with Crippen molar-refractivity contribution in [2.45, 2.75) is 26.2 Å². The monoisotopic (exact) mass is 277 g/mol. The second kappa shape index (κ2) is 6.75. The van der Waals surface area contributed by atoms with Gasteiger partial charge in [0.15, 0.2) is 0 Å². The zero-order valence-electron chi connectivity index (χ0n) is 12.0. The predicted octanol–water partition coefficient (Wildman–Crippen LogP) is 2.64. The van der Waals surface area contributed by atoms with Crippen LogP contribution in [0.1, 0.15) is 26.2 Å². The van der Waals surface area contributed by atoms with Crippen LogP contribution >= 0.6 is 0 Å². The molecule has 0 aromatic heterocycles. The summed E-state index contributed by atoms with van der Waals surface area (Å²) in [7, 11) is 0. The number of benzene rings is 1. The first kappa shape index (κ1) is 14.9. The van der Waals surface area contributed by atoms with E-state index in [0.717, 1.165) is 38.1 Å². The van der Waals surface area contributed by atoms with Gasteiger partial charge in [-0.15, -0.1) is 0 Å². The highest BCUT2D eigenvalue weighted by Crippen LogP contribution is 2.29. The minimum atomic E-state index is -0.678. The standard InChI is InChI=1S/C16H23NO3/c1-16(15(18)19)9-5-10-17(13-16)11-6-12-20-14-7-3-2-4-8-14/h2-4,7-8H,5-6,9-13H2,1H3,(H,18,19). The van der Waals surface area contributed by atoms with Crippen molar-refractivity contribution in [3.63, 3.8) is 0 Å². The Hall–Kier alpha value is -1.55. The molecule has 1 N–H and O–H groups in total. The lowest BCUT2D eigenvalue weighted by Crippen LogP contribution is -2.46. The summed E-state index contributed by atoms with van der Waals surface area (Å²) in [5, 5.41) is 9.28. The summed E-state index contributed by atoms with van der Waals surface area (Å²) in [4.78, 5) is 13.5. The van der Waals surface area contributed by atoms with Gasteiger partial charge in [-0.3, -0.25) is 4.79 Å². The van der Waals surface area contributed by atoms with Gasteiger partial charge in [0.2, 0.25) is 0 Å². The third-order valence-electron chi connectivity index (χ3n) is 3.92. The molecular weight excluding hydrogens is 254 g/mol. The molecule has 110 valence electrons. The molecule has 1 aromatic rings. The molecule has 1 saturated heterocycles. The Morgan fingerprint density at radius 1 is 1.40 bits per heavy atom. The smallest absolute Gasteiger partial charge is 0.310 e. The van der Waals surface area contributed by atoms with Gasteiger partial charge in [-0.1, -0.05) is 18.2 Å². The maximum absolute atomic E-state index is 11.3. The molecule has 1 unspecified atom stereocenters. The number of likely N-dealkylation sites (tertiary alicyclic amines) is 1.